The third-order valence-electron chi connectivity index (χ3n) is 6.41. The van der Waals surface area contributed by atoms with E-state index in [2.05, 4.69) is 20.0 Å². The molecule has 2 N–H and O–H groups in total. The average molecular weight is 629 g/mol. The van der Waals surface area contributed by atoms with Crippen LogP contribution in [0.25, 0.3) is 11.2 Å². The van der Waals surface area contributed by atoms with Crippen LogP contribution in [0, 0.1) is 6.92 Å². The number of imidazole rings is 1. The van der Waals surface area contributed by atoms with Gasteiger partial charge in [-0.05, 0) is 39.8 Å². The lowest BCUT2D eigenvalue weighted by molar-refractivity contribution is -0.149. The van der Waals surface area contributed by atoms with E-state index in [-0.39, 0.29) is 11.4 Å². The van der Waals surface area contributed by atoms with E-state index in [0.717, 1.165) is 0 Å². The summed E-state index contributed by atoms with van der Waals surface area (Å²) in [5, 5.41) is 13.6. The van der Waals surface area contributed by atoms with Gasteiger partial charge in [-0.15, -0.1) is 11.6 Å². The maximum absolute atomic E-state index is 15.7. The first-order chi connectivity index (χ1) is 19.8. The molecule has 0 amide bonds. The Bertz CT molecular complexity index is 1450. The number of nitrogens with one attached hydrogen (secondary N) is 1. The lowest BCUT2D eigenvalue weighted by Crippen LogP contribution is -2.48. The molecule has 0 aliphatic carbocycles. The van der Waals surface area contributed by atoms with E-state index in [9.17, 15) is 14.5 Å². The zero-order valence-corrected chi connectivity index (χ0v) is 25.8. The minimum Gasteiger partial charge on any atom is -0.462 e. The van der Waals surface area contributed by atoms with Gasteiger partial charge in [0.25, 0.3) is 0 Å². The molecular weight excluding hydrogens is 594 g/mol. The topological polar surface area (TPSA) is 150 Å². The van der Waals surface area contributed by atoms with Crippen molar-refractivity contribution in [1.82, 2.24) is 24.6 Å². The van der Waals surface area contributed by atoms with Crippen LogP contribution < -0.4 is 14.5 Å². The van der Waals surface area contributed by atoms with Crippen molar-refractivity contribution in [2.45, 2.75) is 63.9 Å². The van der Waals surface area contributed by atoms with Gasteiger partial charge in [0.1, 0.15) is 29.3 Å². The van der Waals surface area contributed by atoms with Crippen molar-refractivity contribution in [3.8, 4) is 5.75 Å². The van der Waals surface area contributed by atoms with Gasteiger partial charge in [0.2, 0.25) is 0 Å². The summed E-state index contributed by atoms with van der Waals surface area (Å²) in [6.07, 6.45) is -4.28. The Morgan fingerprint density at radius 2 is 1.98 bits per heavy atom. The summed E-state index contributed by atoms with van der Waals surface area (Å²) < 4.78 is 53.6. The van der Waals surface area contributed by atoms with Crippen LogP contribution in [0.15, 0.2) is 36.7 Å². The molecule has 1 aromatic carbocycles. The second-order valence-corrected chi connectivity index (χ2v) is 12.4. The molecule has 16 heteroatoms. The van der Waals surface area contributed by atoms with Crippen molar-refractivity contribution in [1.29, 1.82) is 0 Å². The predicted octanol–water partition coefficient (Wildman–Crippen LogP) is 3.54. The molecule has 1 aliphatic rings. The van der Waals surface area contributed by atoms with Gasteiger partial charge in [0, 0.05) is 14.1 Å². The summed E-state index contributed by atoms with van der Waals surface area (Å²) in [7, 11) is -0.783. The highest BCUT2D eigenvalue weighted by atomic mass is 35.5. The smallest absolute Gasteiger partial charge is 0.459 e. The Labute approximate surface area is 247 Å². The van der Waals surface area contributed by atoms with Crippen molar-refractivity contribution < 1.29 is 37.4 Å². The first-order valence-electron chi connectivity index (χ1n) is 13.2. The van der Waals surface area contributed by atoms with Crippen LogP contribution in [0.4, 0.5) is 10.2 Å². The van der Waals surface area contributed by atoms with Gasteiger partial charge >= 0.3 is 13.7 Å². The van der Waals surface area contributed by atoms with E-state index in [4.69, 9.17) is 30.1 Å². The largest absolute Gasteiger partial charge is 0.462 e. The molecule has 6 atom stereocenters. The van der Waals surface area contributed by atoms with Crippen molar-refractivity contribution in [2.75, 3.05) is 31.5 Å². The average Bonchev–Trinajstić information content (AvgIpc) is 3.45. The highest BCUT2D eigenvalue weighted by Gasteiger charge is 2.57. The van der Waals surface area contributed by atoms with E-state index in [0.29, 0.717) is 17.2 Å². The van der Waals surface area contributed by atoms with Crippen molar-refractivity contribution in [3.05, 3.63) is 42.5 Å². The van der Waals surface area contributed by atoms with Gasteiger partial charge in [-0.25, -0.2) is 23.9 Å². The van der Waals surface area contributed by atoms with Gasteiger partial charge in [0.15, 0.2) is 29.4 Å². The maximum Gasteiger partial charge on any atom is 0.459 e. The summed E-state index contributed by atoms with van der Waals surface area (Å²) in [5.41, 5.74) is -1.18. The number of esters is 1. The molecule has 42 heavy (non-hydrogen) atoms. The molecule has 230 valence electrons. The lowest BCUT2D eigenvalue weighted by atomic mass is 9.99. The van der Waals surface area contributed by atoms with Gasteiger partial charge in [-0.2, -0.15) is 5.09 Å². The second-order valence-electron chi connectivity index (χ2n) is 10.4. The molecule has 0 bridgehead atoms. The number of aromatic nitrogens is 4. The highest BCUT2D eigenvalue weighted by Crippen LogP contribution is 2.49. The lowest BCUT2D eigenvalue weighted by Gasteiger charge is -2.31. The molecule has 13 nitrogen and oxygen atoms in total. The number of hydrogen-bond donors (Lipinski definition) is 2. The number of para-hydroxylation sites is 1. The summed E-state index contributed by atoms with van der Waals surface area (Å²) >= 11 is 6.25. The number of benzene rings is 1. The Balaban J connectivity index is 1.62. The van der Waals surface area contributed by atoms with Crippen LogP contribution in [0.1, 0.15) is 32.8 Å². The predicted molar refractivity (Wildman–Crippen MR) is 153 cm³/mol. The second kappa shape index (κ2) is 12.8. The van der Waals surface area contributed by atoms with Gasteiger partial charge in [-0.3, -0.25) is 13.9 Å². The number of ether oxygens (including phenoxy) is 2. The van der Waals surface area contributed by atoms with Crippen molar-refractivity contribution in [2.24, 2.45) is 0 Å². The number of hydrogen-bond acceptors (Lipinski definition) is 11. The summed E-state index contributed by atoms with van der Waals surface area (Å²) in [4.78, 5) is 27.3. The number of aryl methyl sites for hydroxylation is 1. The van der Waals surface area contributed by atoms with Crippen LogP contribution >= 0.6 is 19.3 Å². The Hall–Kier alpha value is -2.87. The van der Waals surface area contributed by atoms with Crippen LogP contribution in [-0.4, -0.2) is 87.2 Å². The molecule has 1 fully saturated rings. The standard InChI is InChI=1S/C26H35ClFN6O7P/c1-15(2)39-25(36)16(3)32-42(37,41-18-10-8-7-9-11-18)38-13-26(12-27)21(35)19(28)24(40-26)34-14-29-20-22(33(5)6)30-17(4)31-23(20)34/h7-11,14-16,19,21,24,35H,12-13H2,1-6H3,(H,32,37)/t16-,19-,21+,24-,26-,42+/m1/s1. The molecule has 4 rings (SSSR count). The summed E-state index contributed by atoms with van der Waals surface area (Å²) in [6.45, 7) is 5.80. The molecule has 0 unspecified atom stereocenters. The number of aliphatic hydroxyl groups is 1. The number of carbonyl (C=O) groups excluding carboxylic acids is 1. The van der Waals surface area contributed by atoms with E-state index >= 15 is 4.39 Å². The number of nitrogens with zero attached hydrogens (tertiary/aromatic N) is 5. The number of anilines is 1. The number of alkyl halides is 2. The maximum atomic E-state index is 15.7. The fourth-order valence-corrected chi connectivity index (χ4v) is 6.18. The third-order valence-corrected chi connectivity index (χ3v) is 8.49. The third kappa shape index (κ3) is 6.69. The molecule has 1 saturated heterocycles. The number of aliphatic hydroxyl groups excluding tert-OH is 1. The molecule has 0 radical (unpaired) electrons. The van der Waals surface area contributed by atoms with Crippen LogP contribution in [-0.2, 0) is 23.4 Å². The Kier molecular flexibility index (Phi) is 9.75. The Morgan fingerprint density at radius 3 is 2.60 bits per heavy atom. The molecule has 1 aliphatic heterocycles. The zero-order chi connectivity index (χ0) is 30.8. The van der Waals surface area contributed by atoms with Crippen LogP contribution in [0.2, 0.25) is 0 Å². The molecule has 2 aromatic heterocycles. The van der Waals surface area contributed by atoms with E-state index in [1.807, 2.05) is 0 Å². The number of fused-ring (bicyclic) bond motifs is 1. The zero-order valence-electron chi connectivity index (χ0n) is 24.1. The van der Waals surface area contributed by atoms with E-state index < -0.39 is 62.5 Å². The van der Waals surface area contributed by atoms with Crippen molar-refractivity contribution >= 4 is 42.3 Å². The first kappa shape index (κ1) is 32.1. The molecular formula is C26H35ClFN6O7P. The first-order valence-corrected chi connectivity index (χ1v) is 15.3. The fourth-order valence-electron chi connectivity index (χ4n) is 4.33. The normalized spacial score (nSPS) is 24.5. The minimum absolute atomic E-state index is 0.170. The van der Waals surface area contributed by atoms with Gasteiger partial charge in [-0.1, -0.05) is 18.2 Å². The van der Waals surface area contributed by atoms with E-state index in [1.54, 1.807) is 58.0 Å². The fraction of sp³-hybridized carbons (Fsp3) is 0.538. The number of carbonyl (C=O) groups is 1. The number of halogens is 2. The van der Waals surface area contributed by atoms with E-state index in [1.165, 1.54) is 30.0 Å². The highest BCUT2D eigenvalue weighted by molar-refractivity contribution is 7.52. The summed E-state index contributed by atoms with van der Waals surface area (Å²) in [5.74, 6) is -0.0231. The van der Waals surface area contributed by atoms with Crippen molar-refractivity contribution in [3.63, 3.8) is 0 Å². The van der Waals surface area contributed by atoms with Gasteiger partial charge < -0.3 is 24.0 Å². The Morgan fingerprint density at radius 1 is 1.29 bits per heavy atom. The van der Waals surface area contributed by atoms with Crippen LogP contribution in [0.3, 0.4) is 0 Å². The SMILES string of the molecule is Cc1nc(N(C)C)c2ncn([C@@H]3O[C@](CCl)(CO[P@@](=O)(N[C@H](C)C(=O)OC(C)C)Oc4ccccc4)[C@@H](O)[C@H]3F)c2n1. The molecule has 0 spiro atoms. The quantitative estimate of drug-likeness (QED) is 0.172. The minimum atomic E-state index is -4.36. The molecule has 0 saturated carbocycles. The molecule has 3 aromatic rings. The van der Waals surface area contributed by atoms with Crippen LogP contribution in [0.5, 0.6) is 5.75 Å². The molecule has 3 heterocycles. The number of rotatable bonds is 12. The van der Waals surface area contributed by atoms with Gasteiger partial charge in [0.05, 0.1) is 24.9 Å². The summed E-state index contributed by atoms with van der Waals surface area (Å²) in [6, 6.07) is 7.00. The monoisotopic (exact) mass is 628 g/mol.